The van der Waals surface area contributed by atoms with E-state index in [1.165, 1.54) is 19.3 Å². The molecule has 1 aliphatic heterocycles. The van der Waals surface area contributed by atoms with Crippen LogP contribution in [0.25, 0.3) is 0 Å². The molecule has 7 fully saturated rings. The molecule has 1 heterocycles. The van der Waals surface area contributed by atoms with Crippen molar-refractivity contribution in [3.05, 3.63) is 0 Å². The van der Waals surface area contributed by atoms with Gasteiger partial charge in [-0.25, -0.2) is 4.18 Å². The van der Waals surface area contributed by atoms with Crippen LogP contribution in [0.15, 0.2) is 0 Å². The van der Waals surface area contributed by atoms with Crippen LogP contribution in [0.3, 0.4) is 0 Å². The molecule has 0 bridgehead atoms. The number of hydrogen-bond donors (Lipinski definition) is 1. The lowest BCUT2D eigenvalue weighted by Gasteiger charge is -2.62. The molecule has 6 nitrogen and oxygen atoms in total. The van der Waals surface area contributed by atoms with Gasteiger partial charge in [-0.15, -0.1) is 0 Å². The van der Waals surface area contributed by atoms with E-state index in [4.69, 9.17) is 8.92 Å². The van der Waals surface area contributed by atoms with Crippen LogP contribution in [0, 0.1) is 58.2 Å². The number of rotatable bonds is 2. The highest BCUT2D eigenvalue weighted by molar-refractivity contribution is 7.80. The van der Waals surface area contributed by atoms with Crippen LogP contribution < -0.4 is 0 Å². The molecule has 6 saturated carbocycles. The van der Waals surface area contributed by atoms with Crippen molar-refractivity contribution in [2.45, 2.75) is 83.3 Å². The van der Waals surface area contributed by atoms with Crippen molar-refractivity contribution < 1.29 is 26.7 Å². The predicted octanol–water partition coefficient (Wildman–Crippen LogP) is 4.00. The van der Waals surface area contributed by atoms with Crippen molar-refractivity contribution in [3.63, 3.8) is 0 Å². The summed E-state index contributed by atoms with van der Waals surface area (Å²) in [5, 5.41) is 0. The first kappa shape index (κ1) is 19.8. The summed E-state index contributed by atoms with van der Waals surface area (Å²) in [5.74, 6) is 5.36. The molecular weight excluding hydrogens is 416 g/mol. The highest BCUT2D eigenvalue weighted by Gasteiger charge is 2.81. The van der Waals surface area contributed by atoms with Crippen LogP contribution in [0.4, 0.5) is 0 Å². The van der Waals surface area contributed by atoms with Crippen molar-refractivity contribution >= 4 is 16.4 Å². The Hall–Kier alpha value is -0.660. The fourth-order valence-corrected chi connectivity index (χ4v) is 11.3. The fraction of sp³-hybridized carbons (Fsp3) is 0.958. The second kappa shape index (κ2) is 5.69. The minimum absolute atomic E-state index is 0.0202. The van der Waals surface area contributed by atoms with Crippen molar-refractivity contribution in [1.82, 2.24) is 0 Å². The Morgan fingerprint density at radius 1 is 0.968 bits per heavy atom. The number of carbonyl (C=O) groups is 1. The zero-order valence-corrected chi connectivity index (χ0v) is 19.3. The van der Waals surface area contributed by atoms with E-state index in [2.05, 4.69) is 13.8 Å². The van der Waals surface area contributed by atoms with Gasteiger partial charge in [0.15, 0.2) is 0 Å². The molecular formula is C24H34O6S. The van der Waals surface area contributed by atoms with Crippen molar-refractivity contribution in [2.24, 2.45) is 58.2 Å². The second-order valence-electron chi connectivity index (χ2n) is 12.6. The molecule has 0 unspecified atom stereocenters. The first-order chi connectivity index (χ1) is 14.6. The largest absolute Gasteiger partial charge is 0.458 e. The van der Waals surface area contributed by atoms with Crippen LogP contribution in [0.2, 0.25) is 0 Å². The van der Waals surface area contributed by atoms with E-state index in [-0.39, 0.29) is 28.5 Å². The third kappa shape index (κ3) is 2.36. The monoisotopic (exact) mass is 450 g/mol. The molecule has 0 radical (unpaired) electrons. The molecule has 1 N–H and O–H groups in total. The molecule has 7 rings (SSSR count). The Morgan fingerprint density at radius 3 is 2.48 bits per heavy atom. The molecule has 1 spiro atoms. The fourth-order valence-electron chi connectivity index (χ4n) is 10.8. The number of ether oxygens (including phenoxy) is 1. The van der Waals surface area contributed by atoms with Gasteiger partial charge >= 0.3 is 16.4 Å². The lowest BCUT2D eigenvalue weighted by molar-refractivity contribution is -0.187. The molecule has 0 aromatic carbocycles. The Labute approximate surface area is 184 Å². The average Bonchev–Trinajstić information content (AvgIpc) is 3.58. The maximum absolute atomic E-state index is 12.2. The van der Waals surface area contributed by atoms with Crippen LogP contribution in [-0.4, -0.2) is 30.6 Å². The normalized spacial score (nSPS) is 61.0. The van der Waals surface area contributed by atoms with Crippen LogP contribution >= 0.6 is 0 Å². The first-order valence-corrected chi connectivity index (χ1v) is 13.8. The zero-order valence-electron chi connectivity index (χ0n) is 18.5. The van der Waals surface area contributed by atoms with Gasteiger partial charge in [0.2, 0.25) is 0 Å². The van der Waals surface area contributed by atoms with E-state index in [1.54, 1.807) is 0 Å². The van der Waals surface area contributed by atoms with Crippen LogP contribution in [0.1, 0.15) is 71.6 Å². The molecule has 1 saturated heterocycles. The summed E-state index contributed by atoms with van der Waals surface area (Å²) in [6.07, 6.45) is 8.48. The van der Waals surface area contributed by atoms with E-state index in [0.717, 1.165) is 43.4 Å². The van der Waals surface area contributed by atoms with Crippen molar-refractivity contribution in [2.75, 3.05) is 0 Å². The maximum Gasteiger partial charge on any atom is 0.397 e. The minimum atomic E-state index is -4.39. The topological polar surface area (TPSA) is 89.9 Å². The average molecular weight is 451 g/mol. The third-order valence-electron chi connectivity index (χ3n) is 11.8. The van der Waals surface area contributed by atoms with Crippen molar-refractivity contribution in [3.8, 4) is 0 Å². The molecule has 172 valence electrons. The zero-order chi connectivity index (χ0) is 21.6. The summed E-state index contributed by atoms with van der Waals surface area (Å²) in [7, 11) is -4.39. The van der Waals surface area contributed by atoms with Gasteiger partial charge < -0.3 is 4.74 Å². The molecule has 6 aliphatic carbocycles. The Bertz CT molecular complexity index is 963. The molecule has 31 heavy (non-hydrogen) atoms. The van der Waals surface area contributed by atoms with Crippen molar-refractivity contribution in [1.29, 1.82) is 0 Å². The predicted molar refractivity (Wildman–Crippen MR) is 111 cm³/mol. The number of hydrogen-bond acceptors (Lipinski definition) is 5. The Kier molecular flexibility index (Phi) is 3.63. The van der Waals surface area contributed by atoms with Gasteiger partial charge in [-0.3, -0.25) is 9.35 Å². The standard InChI is InChI=1S/C24H34O6S/c1-22-6-3-12(30-31(26,27)28)9-17(22)13-10-14(13)20-16(22)4-7-23(2)21(20)15-11-18(15)24(23)8-5-19(25)29-24/h12-18,20-21H,3-11H2,1-2H3,(H,26,27,28)/t12-,13-,14+,15-,16+,17-,18+,20-,21+,22-,23+,24+/m1/s1. The molecule has 0 aromatic rings. The van der Waals surface area contributed by atoms with E-state index in [1.807, 2.05) is 0 Å². The van der Waals surface area contributed by atoms with Gasteiger partial charge in [-0.1, -0.05) is 13.8 Å². The second-order valence-corrected chi connectivity index (χ2v) is 13.7. The smallest absolute Gasteiger partial charge is 0.397 e. The Balaban J connectivity index is 1.21. The van der Waals surface area contributed by atoms with Gasteiger partial charge in [0.1, 0.15) is 5.60 Å². The van der Waals surface area contributed by atoms with Gasteiger partial charge in [-0.05, 0) is 98.2 Å². The summed E-state index contributed by atoms with van der Waals surface area (Å²) in [6, 6.07) is 0. The lowest BCUT2D eigenvalue weighted by atomic mass is 9.43. The summed E-state index contributed by atoms with van der Waals surface area (Å²) in [6.45, 7) is 4.93. The summed E-state index contributed by atoms with van der Waals surface area (Å²) in [4.78, 5) is 12.2. The third-order valence-corrected chi connectivity index (χ3v) is 12.3. The van der Waals surface area contributed by atoms with Crippen LogP contribution in [0.5, 0.6) is 0 Å². The molecule has 0 amide bonds. The number of carbonyl (C=O) groups excluding carboxylic acids is 1. The number of esters is 1. The highest BCUT2D eigenvalue weighted by Crippen LogP contribution is 2.82. The van der Waals surface area contributed by atoms with Gasteiger partial charge in [-0.2, -0.15) is 8.42 Å². The van der Waals surface area contributed by atoms with Gasteiger partial charge in [0, 0.05) is 17.8 Å². The summed E-state index contributed by atoms with van der Waals surface area (Å²) < 4.78 is 43.1. The van der Waals surface area contributed by atoms with E-state index < -0.39 is 10.4 Å². The molecule has 12 atom stereocenters. The van der Waals surface area contributed by atoms with E-state index in [0.29, 0.717) is 42.4 Å². The molecule has 0 aromatic heterocycles. The number of fused-ring (bicyclic) bond motifs is 12. The summed E-state index contributed by atoms with van der Waals surface area (Å²) >= 11 is 0. The maximum atomic E-state index is 12.2. The quantitative estimate of drug-likeness (QED) is 0.505. The molecule has 7 heteroatoms. The first-order valence-electron chi connectivity index (χ1n) is 12.4. The van der Waals surface area contributed by atoms with E-state index in [9.17, 15) is 17.8 Å². The van der Waals surface area contributed by atoms with E-state index >= 15 is 0 Å². The summed E-state index contributed by atoms with van der Waals surface area (Å²) in [5.41, 5.74) is 0.179. The highest BCUT2D eigenvalue weighted by atomic mass is 32.3. The van der Waals surface area contributed by atoms with Crippen LogP contribution in [-0.2, 0) is 24.1 Å². The lowest BCUT2D eigenvalue weighted by Crippen LogP contribution is -2.59. The SMILES string of the molecule is C[C@]12CC[C@@H](OS(=O)(=O)O)C[C@@H]1[C@@H]1C[C@@H]1[C@H]1[C@@H]3[C@@H]4C[C@@H]4[C@@]4(CCC(=O)O4)[C@@]3(C)CC[C@@H]12. The van der Waals surface area contributed by atoms with Gasteiger partial charge in [0.25, 0.3) is 0 Å². The molecule has 7 aliphatic rings. The van der Waals surface area contributed by atoms with Gasteiger partial charge in [0.05, 0.1) is 6.10 Å². The Morgan fingerprint density at radius 2 is 1.77 bits per heavy atom. The minimum Gasteiger partial charge on any atom is -0.458 e.